The second kappa shape index (κ2) is 6.84. The highest BCUT2D eigenvalue weighted by molar-refractivity contribution is 5.91. The van der Waals surface area contributed by atoms with Gasteiger partial charge in [0.2, 0.25) is 0 Å². The molecule has 0 aliphatic carbocycles. The molecule has 0 fully saturated rings. The molecule has 0 unspecified atom stereocenters. The van der Waals surface area contributed by atoms with Gasteiger partial charge in [-0.2, -0.15) is 5.26 Å². The molecular weight excluding hydrogens is 275 g/mol. The number of nitriles is 1. The van der Waals surface area contributed by atoms with Crippen LogP contribution >= 0.6 is 0 Å². The average molecular weight is 292 g/mol. The van der Waals surface area contributed by atoms with Gasteiger partial charge in [0.1, 0.15) is 11.4 Å². The zero-order valence-corrected chi connectivity index (χ0v) is 12.1. The average Bonchev–Trinajstić information content (AvgIpc) is 2.45. The highest BCUT2D eigenvalue weighted by Gasteiger charge is 2.30. The molecule has 1 aromatic rings. The number of hydrogen-bond acceptors (Lipinski definition) is 4. The Hall–Kier alpha value is -2.42. The van der Waals surface area contributed by atoms with E-state index < -0.39 is 29.8 Å². The van der Waals surface area contributed by atoms with Crippen molar-refractivity contribution in [3.05, 3.63) is 35.6 Å². The summed E-state index contributed by atoms with van der Waals surface area (Å²) in [6, 6.07) is 6.81. The molecule has 112 valence electrons. The summed E-state index contributed by atoms with van der Waals surface area (Å²) in [7, 11) is 0. The van der Waals surface area contributed by atoms with E-state index in [1.807, 2.05) is 6.07 Å². The Labute approximate surface area is 122 Å². The number of amides is 1. The minimum atomic E-state index is -1.03. The van der Waals surface area contributed by atoms with Crippen molar-refractivity contribution in [2.75, 3.05) is 6.61 Å². The lowest BCUT2D eigenvalue weighted by Gasteiger charge is -2.27. The summed E-state index contributed by atoms with van der Waals surface area (Å²) in [5, 5.41) is 11.6. The first-order chi connectivity index (χ1) is 9.78. The van der Waals surface area contributed by atoms with Gasteiger partial charge in [0.15, 0.2) is 6.61 Å². The van der Waals surface area contributed by atoms with E-state index in [2.05, 4.69) is 5.32 Å². The third-order valence-corrected chi connectivity index (χ3v) is 3.20. The van der Waals surface area contributed by atoms with E-state index in [1.54, 1.807) is 20.8 Å². The molecule has 6 heteroatoms. The van der Waals surface area contributed by atoms with Crippen LogP contribution in [-0.2, 0) is 9.53 Å². The van der Waals surface area contributed by atoms with Crippen LogP contribution in [0.15, 0.2) is 24.3 Å². The predicted molar refractivity (Wildman–Crippen MR) is 73.7 cm³/mol. The number of halogens is 1. The van der Waals surface area contributed by atoms with Crippen LogP contribution in [0.4, 0.5) is 4.39 Å². The maximum atomic E-state index is 12.7. The summed E-state index contributed by atoms with van der Waals surface area (Å²) >= 11 is 0. The van der Waals surface area contributed by atoms with E-state index in [-0.39, 0.29) is 11.5 Å². The number of carbonyl (C=O) groups is 2. The molecule has 0 bridgehead atoms. The molecule has 0 aliphatic rings. The van der Waals surface area contributed by atoms with E-state index in [0.29, 0.717) is 0 Å². The molecule has 0 saturated heterocycles. The van der Waals surface area contributed by atoms with Crippen LogP contribution in [0.5, 0.6) is 0 Å². The first-order valence-electron chi connectivity index (χ1n) is 6.43. The van der Waals surface area contributed by atoms with Gasteiger partial charge in [-0.3, -0.25) is 4.79 Å². The molecule has 1 atom stereocenters. The number of benzene rings is 1. The minimum Gasteiger partial charge on any atom is -0.452 e. The van der Waals surface area contributed by atoms with Gasteiger partial charge in [-0.15, -0.1) is 0 Å². The SMILES string of the molecule is CC(C)[C@@](C)(C#N)NC(=O)COC(=O)c1ccc(F)cc1. The van der Waals surface area contributed by atoms with Crippen molar-refractivity contribution in [2.45, 2.75) is 26.3 Å². The monoisotopic (exact) mass is 292 g/mol. The molecule has 1 aromatic carbocycles. The summed E-state index contributed by atoms with van der Waals surface area (Å²) < 4.78 is 17.5. The fourth-order valence-corrected chi connectivity index (χ4v) is 1.43. The van der Waals surface area contributed by atoms with Crippen molar-refractivity contribution in [3.8, 4) is 6.07 Å². The Morgan fingerprint density at radius 2 is 1.95 bits per heavy atom. The maximum absolute atomic E-state index is 12.7. The third-order valence-electron chi connectivity index (χ3n) is 3.20. The van der Waals surface area contributed by atoms with Crippen LogP contribution in [0.3, 0.4) is 0 Å². The molecule has 21 heavy (non-hydrogen) atoms. The second-order valence-corrected chi connectivity index (χ2v) is 5.10. The number of esters is 1. The van der Waals surface area contributed by atoms with Crippen molar-refractivity contribution in [1.29, 1.82) is 5.26 Å². The molecular formula is C15H17FN2O3. The van der Waals surface area contributed by atoms with E-state index in [9.17, 15) is 14.0 Å². The van der Waals surface area contributed by atoms with E-state index in [0.717, 1.165) is 12.1 Å². The summed E-state index contributed by atoms with van der Waals surface area (Å²) in [5.41, 5.74) is -0.879. The quantitative estimate of drug-likeness (QED) is 0.842. The first kappa shape index (κ1) is 16.6. The Kier molecular flexibility index (Phi) is 5.42. The van der Waals surface area contributed by atoms with Crippen LogP contribution in [0.1, 0.15) is 31.1 Å². The normalized spacial score (nSPS) is 13.1. The molecule has 1 rings (SSSR count). The zero-order valence-electron chi connectivity index (χ0n) is 12.1. The lowest BCUT2D eigenvalue weighted by atomic mass is 9.90. The van der Waals surface area contributed by atoms with Crippen LogP contribution in [0.25, 0.3) is 0 Å². The number of ether oxygens (including phenoxy) is 1. The van der Waals surface area contributed by atoms with Crippen LogP contribution in [0, 0.1) is 23.1 Å². The van der Waals surface area contributed by atoms with Crippen LogP contribution in [-0.4, -0.2) is 24.0 Å². The van der Waals surface area contributed by atoms with Crippen molar-refractivity contribution in [1.82, 2.24) is 5.32 Å². The number of rotatable bonds is 5. The molecule has 0 aliphatic heterocycles. The molecule has 0 spiro atoms. The predicted octanol–water partition coefficient (Wildman–Crippen LogP) is 2.04. The summed E-state index contributed by atoms with van der Waals surface area (Å²) in [6.07, 6.45) is 0. The largest absolute Gasteiger partial charge is 0.452 e. The van der Waals surface area contributed by atoms with Gasteiger partial charge >= 0.3 is 5.97 Å². The summed E-state index contributed by atoms with van der Waals surface area (Å²) in [6.45, 7) is 4.69. The van der Waals surface area contributed by atoms with Crippen LogP contribution < -0.4 is 5.32 Å². The molecule has 1 N–H and O–H groups in total. The lowest BCUT2D eigenvalue weighted by molar-refractivity contribution is -0.125. The number of nitrogens with one attached hydrogen (secondary N) is 1. The van der Waals surface area contributed by atoms with Crippen molar-refractivity contribution >= 4 is 11.9 Å². The Bertz CT molecular complexity index is 563. The lowest BCUT2D eigenvalue weighted by Crippen LogP contribution is -2.50. The molecule has 5 nitrogen and oxygen atoms in total. The van der Waals surface area contributed by atoms with Gasteiger partial charge in [0.25, 0.3) is 5.91 Å². The Morgan fingerprint density at radius 1 is 1.38 bits per heavy atom. The molecule has 0 radical (unpaired) electrons. The van der Waals surface area contributed by atoms with Gasteiger partial charge in [0, 0.05) is 0 Å². The summed E-state index contributed by atoms with van der Waals surface area (Å²) in [5.74, 6) is -1.86. The fourth-order valence-electron chi connectivity index (χ4n) is 1.43. The molecule has 0 aromatic heterocycles. The second-order valence-electron chi connectivity index (χ2n) is 5.10. The Morgan fingerprint density at radius 3 is 2.43 bits per heavy atom. The van der Waals surface area contributed by atoms with Gasteiger partial charge in [-0.1, -0.05) is 13.8 Å². The molecule has 0 saturated carbocycles. The van der Waals surface area contributed by atoms with Crippen molar-refractivity contribution < 1.29 is 18.7 Å². The molecule has 0 heterocycles. The number of carbonyl (C=O) groups excluding carboxylic acids is 2. The first-order valence-corrected chi connectivity index (χ1v) is 6.43. The van der Waals surface area contributed by atoms with Crippen molar-refractivity contribution in [2.24, 2.45) is 5.92 Å². The highest BCUT2D eigenvalue weighted by Crippen LogP contribution is 2.14. The smallest absolute Gasteiger partial charge is 0.338 e. The maximum Gasteiger partial charge on any atom is 0.338 e. The van der Waals surface area contributed by atoms with Gasteiger partial charge in [-0.25, -0.2) is 9.18 Å². The molecule has 1 amide bonds. The number of nitrogens with zero attached hydrogens (tertiary/aromatic N) is 1. The van der Waals surface area contributed by atoms with Gasteiger partial charge < -0.3 is 10.1 Å². The van der Waals surface area contributed by atoms with Crippen molar-refractivity contribution in [3.63, 3.8) is 0 Å². The Balaban J connectivity index is 2.55. The summed E-state index contributed by atoms with van der Waals surface area (Å²) in [4.78, 5) is 23.4. The topological polar surface area (TPSA) is 79.2 Å². The van der Waals surface area contributed by atoms with Crippen LogP contribution in [0.2, 0.25) is 0 Å². The minimum absolute atomic E-state index is 0.0979. The third kappa shape index (κ3) is 4.56. The number of hydrogen-bond donors (Lipinski definition) is 1. The zero-order chi connectivity index (χ0) is 16.0. The van der Waals surface area contributed by atoms with Gasteiger partial charge in [0.05, 0.1) is 11.6 Å². The fraction of sp³-hybridized carbons (Fsp3) is 0.400. The van der Waals surface area contributed by atoms with Gasteiger partial charge in [-0.05, 0) is 37.1 Å². The van der Waals surface area contributed by atoms with E-state index >= 15 is 0 Å². The standard InChI is InChI=1S/C15H17FN2O3/c1-10(2)15(3,9-17)18-13(19)8-21-14(20)11-4-6-12(16)7-5-11/h4-7,10H,8H2,1-3H3,(H,18,19)/t15-/m1/s1. The highest BCUT2D eigenvalue weighted by atomic mass is 19.1. The van der Waals surface area contributed by atoms with E-state index in [1.165, 1.54) is 12.1 Å². The van der Waals surface area contributed by atoms with E-state index in [4.69, 9.17) is 10.00 Å².